The Morgan fingerprint density at radius 3 is 2.42 bits per heavy atom. The molecule has 9 heteroatoms. The number of ether oxygens (including phenoxy) is 1. The maximum atomic E-state index is 12.5. The molecule has 26 heavy (non-hydrogen) atoms. The molecule has 1 amide bonds. The van der Waals surface area contributed by atoms with Crippen LogP contribution in [0.2, 0.25) is 0 Å². The molecule has 142 valence electrons. The van der Waals surface area contributed by atoms with Crippen LogP contribution in [0.1, 0.15) is 47.0 Å². The van der Waals surface area contributed by atoms with Crippen LogP contribution >= 0.6 is 0 Å². The highest BCUT2D eigenvalue weighted by atomic mass is 32.2. The summed E-state index contributed by atoms with van der Waals surface area (Å²) in [5.74, 6) is -1.17. The van der Waals surface area contributed by atoms with E-state index in [1.54, 1.807) is 11.9 Å². The van der Waals surface area contributed by atoms with Crippen molar-refractivity contribution in [3.8, 4) is 0 Å². The first-order chi connectivity index (χ1) is 12.2. The molecule has 1 saturated carbocycles. The van der Waals surface area contributed by atoms with Crippen molar-refractivity contribution < 1.29 is 27.5 Å². The summed E-state index contributed by atoms with van der Waals surface area (Å²) in [4.78, 5) is 37.7. The lowest BCUT2D eigenvalue weighted by Crippen LogP contribution is -2.44. The average Bonchev–Trinajstić information content (AvgIpc) is 3.20. The molecule has 0 bridgehead atoms. The average molecular weight is 382 g/mol. The van der Waals surface area contributed by atoms with Gasteiger partial charge in [0.15, 0.2) is 22.2 Å². The van der Waals surface area contributed by atoms with E-state index >= 15 is 0 Å². The lowest BCUT2D eigenvalue weighted by molar-refractivity contribution is -0.137. The molecule has 1 aromatic rings. The number of hydrogen-bond acceptors (Lipinski definition) is 6. The Labute approximate surface area is 152 Å². The number of aromatic nitrogens is 1. The van der Waals surface area contributed by atoms with Crippen LogP contribution in [0.25, 0.3) is 0 Å². The zero-order valence-corrected chi connectivity index (χ0v) is 15.6. The number of Topliss-reactive ketones (excluding diaryl/α,β-unsaturated/α-hetero) is 1. The van der Waals surface area contributed by atoms with E-state index in [9.17, 15) is 22.8 Å². The topological polar surface area (TPSA) is 103 Å². The van der Waals surface area contributed by atoms with Gasteiger partial charge in [0.1, 0.15) is 5.69 Å². The molecule has 2 aliphatic rings. The first-order valence-corrected chi connectivity index (χ1v) is 10.4. The maximum absolute atomic E-state index is 12.5. The van der Waals surface area contributed by atoms with Gasteiger partial charge < -0.3 is 14.2 Å². The molecule has 8 nitrogen and oxygen atoms in total. The van der Waals surface area contributed by atoms with Crippen LogP contribution in [-0.2, 0) is 26.4 Å². The van der Waals surface area contributed by atoms with Gasteiger partial charge >= 0.3 is 5.97 Å². The van der Waals surface area contributed by atoms with Crippen LogP contribution in [0.4, 0.5) is 0 Å². The Bertz CT molecular complexity index is 853. The van der Waals surface area contributed by atoms with Gasteiger partial charge in [0.2, 0.25) is 0 Å². The second-order valence-corrected chi connectivity index (χ2v) is 9.18. The SMILES string of the molecule is CC(=O)c1cc(C(=O)OCC(=O)N(C2CC2)[C@@H]2CCS(=O)(=O)C2)n(C)c1. The number of aryl methyl sites for hydroxylation is 1. The van der Waals surface area contributed by atoms with E-state index in [0.717, 1.165) is 12.8 Å². The Balaban J connectivity index is 1.63. The van der Waals surface area contributed by atoms with Gasteiger partial charge in [-0.1, -0.05) is 0 Å². The number of nitrogens with zero attached hydrogens (tertiary/aromatic N) is 2. The van der Waals surface area contributed by atoms with Crippen molar-refractivity contribution in [3.63, 3.8) is 0 Å². The van der Waals surface area contributed by atoms with Crippen molar-refractivity contribution in [3.05, 3.63) is 23.5 Å². The van der Waals surface area contributed by atoms with Crippen LogP contribution in [-0.4, -0.2) is 65.7 Å². The summed E-state index contributed by atoms with van der Waals surface area (Å²) < 4.78 is 30.0. The predicted octanol–water partition coefficient (Wildman–Crippen LogP) is 0.563. The molecule has 1 saturated heterocycles. The van der Waals surface area contributed by atoms with Gasteiger partial charge in [0.05, 0.1) is 11.5 Å². The van der Waals surface area contributed by atoms with Gasteiger partial charge in [-0.25, -0.2) is 13.2 Å². The number of esters is 1. The van der Waals surface area contributed by atoms with Crippen LogP contribution in [0, 0.1) is 0 Å². The van der Waals surface area contributed by atoms with Crippen molar-refractivity contribution in [2.24, 2.45) is 7.05 Å². The van der Waals surface area contributed by atoms with E-state index in [0.29, 0.717) is 12.0 Å². The summed E-state index contributed by atoms with van der Waals surface area (Å²) in [5.41, 5.74) is 0.575. The highest BCUT2D eigenvalue weighted by molar-refractivity contribution is 7.91. The second-order valence-electron chi connectivity index (χ2n) is 6.95. The Morgan fingerprint density at radius 2 is 1.92 bits per heavy atom. The minimum absolute atomic E-state index is 0.0248. The van der Waals surface area contributed by atoms with Crippen molar-refractivity contribution in [2.45, 2.75) is 38.3 Å². The summed E-state index contributed by atoms with van der Waals surface area (Å²) in [7, 11) is -1.49. The largest absolute Gasteiger partial charge is 0.451 e. The summed E-state index contributed by atoms with van der Waals surface area (Å²) >= 11 is 0. The lowest BCUT2D eigenvalue weighted by Gasteiger charge is -2.28. The summed E-state index contributed by atoms with van der Waals surface area (Å²) in [6, 6.07) is 1.13. The molecular formula is C17H22N2O6S. The van der Waals surface area contributed by atoms with Crippen LogP contribution in [0.15, 0.2) is 12.3 Å². The third kappa shape index (κ3) is 3.98. The van der Waals surface area contributed by atoms with Crippen LogP contribution in [0.5, 0.6) is 0 Å². The normalized spacial score (nSPS) is 21.4. The molecule has 1 aromatic heterocycles. The molecule has 2 fully saturated rings. The molecule has 0 unspecified atom stereocenters. The minimum Gasteiger partial charge on any atom is -0.451 e. The molecule has 0 spiro atoms. The molecule has 1 aliphatic heterocycles. The molecule has 0 aromatic carbocycles. The fourth-order valence-electron chi connectivity index (χ4n) is 3.29. The number of rotatable bonds is 6. The summed E-state index contributed by atoms with van der Waals surface area (Å²) in [6.07, 6.45) is 3.64. The number of carbonyl (C=O) groups is 3. The first kappa shape index (κ1) is 18.6. The Kier molecular flexibility index (Phi) is 4.92. The number of ketones is 1. The smallest absolute Gasteiger partial charge is 0.355 e. The van der Waals surface area contributed by atoms with Crippen molar-refractivity contribution in [1.29, 1.82) is 0 Å². The number of hydrogen-bond donors (Lipinski definition) is 0. The highest BCUT2D eigenvalue weighted by Gasteiger charge is 2.42. The van der Waals surface area contributed by atoms with E-state index in [1.807, 2.05) is 0 Å². The number of amides is 1. The van der Waals surface area contributed by atoms with Gasteiger partial charge in [-0.15, -0.1) is 0 Å². The van der Waals surface area contributed by atoms with E-state index < -0.39 is 22.4 Å². The molecule has 1 aliphatic carbocycles. The quantitative estimate of drug-likeness (QED) is 0.526. The van der Waals surface area contributed by atoms with Crippen molar-refractivity contribution in [2.75, 3.05) is 18.1 Å². The van der Waals surface area contributed by atoms with Crippen LogP contribution < -0.4 is 0 Å². The molecule has 2 heterocycles. The molecule has 1 atom stereocenters. The maximum Gasteiger partial charge on any atom is 0.355 e. The fraction of sp³-hybridized carbons (Fsp3) is 0.588. The van der Waals surface area contributed by atoms with Gasteiger partial charge in [-0.05, 0) is 32.3 Å². The van der Waals surface area contributed by atoms with E-state index in [1.165, 1.54) is 23.8 Å². The van der Waals surface area contributed by atoms with Crippen molar-refractivity contribution in [1.82, 2.24) is 9.47 Å². The molecule has 0 N–H and O–H groups in total. The lowest BCUT2D eigenvalue weighted by atomic mass is 10.2. The third-order valence-corrected chi connectivity index (χ3v) is 6.53. The van der Waals surface area contributed by atoms with Gasteiger partial charge in [-0.2, -0.15) is 0 Å². The standard InChI is InChI=1S/C17H22N2O6S/c1-11(20)12-7-15(18(2)8-12)17(22)25-9-16(21)19(13-3-4-13)14-5-6-26(23,24)10-14/h7-8,13-14H,3-6,9-10H2,1-2H3/t14-/m1/s1. The van der Waals surface area contributed by atoms with E-state index in [-0.39, 0.29) is 41.0 Å². The predicted molar refractivity (Wildman–Crippen MR) is 92.6 cm³/mol. The Morgan fingerprint density at radius 1 is 1.23 bits per heavy atom. The number of carbonyl (C=O) groups excluding carboxylic acids is 3. The molecular weight excluding hydrogens is 360 g/mol. The monoisotopic (exact) mass is 382 g/mol. The number of sulfone groups is 1. The Hall–Kier alpha value is -2.16. The molecule has 0 radical (unpaired) electrons. The van der Waals surface area contributed by atoms with E-state index in [2.05, 4.69) is 0 Å². The minimum atomic E-state index is -3.10. The second kappa shape index (κ2) is 6.86. The van der Waals surface area contributed by atoms with Crippen molar-refractivity contribution >= 4 is 27.5 Å². The van der Waals surface area contributed by atoms with E-state index in [4.69, 9.17) is 4.74 Å². The zero-order valence-electron chi connectivity index (χ0n) is 14.8. The summed E-state index contributed by atoms with van der Waals surface area (Å²) in [5, 5.41) is 0. The highest BCUT2D eigenvalue weighted by Crippen LogP contribution is 2.32. The zero-order chi connectivity index (χ0) is 19.1. The van der Waals surface area contributed by atoms with Gasteiger partial charge in [0.25, 0.3) is 5.91 Å². The third-order valence-electron chi connectivity index (χ3n) is 4.78. The fourth-order valence-corrected chi connectivity index (χ4v) is 5.00. The van der Waals surface area contributed by atoms with Gasteiger partial charge in [0, 0.05) is 30.9 Å². The summed E-state index contributed by atoms with van der Waals surface area (Å²) in [6.45, 7) is 0.962. The first-order valence-electron chi connectivity index (χ1n) is 8.54. The van der Waals surface area contributed by atoms with Gasteiger partial charge in [-0.3, -0.25) is 9.59 Å². The molecule has 3 rings (SSSR count). The van der Waals surface area contributed by atoms with Crippen LogP contribution in [0.3, 0.4) is 0 Å².